The van der Waals surface area contributed by atoms with Crippen LogP contribution in [0.2, 0.25) is 0 Å². The summed E-state index contributed by atoms with van der Waals surface area (Å²) in [6, 6.07) is 5.62. The predicted molar refractivity (Wildman–Crippen MR) is 48.2 cm³/mol. The Bertz CT molecular complexity index is 399. The number of rotatable bonds is 3. The minimum absolute atomic E-state index is 0.115. The van der Waals surface area contributed by atoms with Gasteiger partial charge in [-0.1, -0.05) is 15.9 Å². The maximum Gasteiger partial charge on any atom is 0.361 e. The first kappa shape index (κ1) is 10.1. The third-order valence-corrected chi connectivity index (χ3v) is 2.87. The molecule has 5 nitrogen and oxygen atoms in total. The fourth-order valence-electron chi connectivity index (χ4n) is 0.684. The van der Waals surface area contributed by atoms with Crippen molar-refractivity contribution in [2.45, 2.75) is 4.90 Å². The highest BCUT2D eigenvalue weighted by Crippen LogP contribution is 2.16. The Morgan fingerprint density at radius 3 is 2.23 bits per heavy atom. The molecule has 0 N–H and O–H groups in total. The van der Waals surface area contributed by atoms with Crippen molar-refractivity contribution in [3.63, 3.8) is 0 Å². The van der Waals surface area contributed by atoms with Gasteiger partial charge in [-0.05, 0) is 24.3 Å². The van der Waals surface area contributed by atoms with Gasteiger partial charge in [0, 0.05) is 4.47 Å². The lowest BCUT2D eigenvalue weighted by Crippen LogP contribution is -2.01. The van der Waals surface area contributed by atoms with Gasteiger partial charge >= 0.3 is 10.1 Å². The Hall–Kier alpha value is -0.950. The van der Waals surface area contributed by atoms with E-state index < -0.39 is 10.1 Å². The molecule has 1 rings (SSSR count). The smallest absolute Gasteiger partial charge is 0.228 e. The molecule has 1 aromatic carbocycles. The summed E-state index contributed by atoms with van der Waals surface area (Å²) < 4.78 is 26.4. The lowest BCUT2D eigenvalue weighted by Gasteiger charge is -1.97. The van der Waals surface area contributed by atoms with Crippen molar-refractivity contribution in [1.82, 2.24) is 0 Å². The molecule has 0 saturated heterocycles. The zero-order valence-electron chi connectivity index (χ0n) is 6.18. The summed E-state index contributed by atoms with van der Waals surface area (Å²) in [5.74, 6) is 0. The molecule has 0 saturated carbocycles. The van der Waals surface area contributed by atoms with Crippen molar-refractivity contribution >= 4 is 26.0 Å². The van der Waals surface area contributed by atoms with Crippen LogP contribution in [0.5, 0.6) is 0 Å². The summed E-state index contributed by atoms with van der Waals surface area (Å²) in [6.07, 6.45) is 0. The second-order valence-corrected chi connectivity index (χ2v) is 4.50. The van der Waals surface area contributed by atoms with Gasteiger partial charge < -0.3 is 0 Å². The summed E-state index contributed by atoms with van der Waals surface area (Å²) in [6.45, 7) is 0. The summed E-state index contributed by atoms with van der Waals surface area (Å²) in [4.78, 5) is 9.48. The second-order valence-electron chi connectivity index (χ2n) is 2.06. The van der Waals surface area contributed by atoms with Gasteiger partial charge in [0.2, 0.25) is 0 Å². The molecule has 0 heterocycles. The summed E-state index contributed by atoms with van der Waals surface area (Å²) >= 11 is 3.13. The van der Waals surface area contributed by atoms with Gasteiger partial charge in [-0.25, -0.2) is 4.28 Å². The van der Waals surface area contributed by atoms with E-state index in [1.54, 1.807) is 0 Å². The topological polar surface area (TPSA) is 72.8 Å². The summed E-state index contributed by atoms with van der Waals surface area (Å²) in [7, 11) is -4.03. The predicted octanol–water partition coefficient (Wildman–Crippen LogP) is 1.84. The zero-order valence-corrected chi connectivity index (χ0v) is 8.58. The molecule has 0 aliphatic carbocycles. The normalized spacial score (nSPS) is 10.8. The van der Waals surface area contributed by atoms with Gasteiger partial charge in [0.15, 0.2) is 5.34 Å². The highest BCUT2D eigenvalue weighted by Gasteiger charge is 2.15. The van der Waals surface area contributed by atoms with E-state index in [-0.39, 0.29) is 4.90 Å². The zero-order chi connectivity index (χ0) is 9.90. The Morgan fingerprint density at radius 1 is 1.23 bits per heavy atom. The van der Waals surface area contributed by atoms with Gasteiger partial charge in [-0.3, -0.25) is 0 Å². The fourth-order valence-corrected chi connectivity index (χ4v) is 1.58. The van der Waals surface area contributed by atoms with E-state index in [1.165, 1.54) is 24.3 Å². The first-order chi connectivity index (χ1) is 6.06. The molecule has 13 heavy (non-hydrogen) atoms. The third kappa shape index (κ3) is 2.49. The van der Waals surface area contributed by atoms with E-state index in [0.717, 1.165) is 4.47 Å². The maximum absolute atomic E-state index is 11.0. The van der Waals surface area contributed by atoms with E-state index >= 15 is 0 Å². The molecule has 70 valence electrons. The van der Waals surface area contributed by atoms with Crippen LogP contribution < -0.4 is 0 Å². The van der Waals surface area contributed by atoms with E-state index in [9.17, 15) is 13.3 Å². The molecule has 1 aromatic rings. The van der Waals surface area contributed by atoms with Crippen LogP contribution in [0.15, 0.2) is 39.0 Å². The molecule has 0 aliphatic rings. The van der Waals surface area contributed by atoms with E-state index in [4.69, 9.17) is 0 Å². The van der Waals surface area contributed by atoms with Crippen LogP contribution in [0.3, 0.4) is 0 Å². The molecule has 0 radical (unpaired) electrons. The fraction of sp³-hybridized carbons (Fsp3) is 0. The lowest BCUT2D eigenvalue weighted by molar-refractivity contribution is 0.333. The molecule has 0 atom stereocenters. The number of nitrogens with zero attached hydrogens (tertiary/aromatic N) is 1. The Kier molecular flexibility index (Phi) is 2.99. The first-order valence-electron chi connectivity index (χ1n) is 3.08. The quantitative estimate of drug-likeness (QED) is 0.618. The monoisotopic (exact) mass is 265 g/mol. The Morgan fingerprint density at radius 2 is 1.77 bits per heavy atom. The number of halogens is 1. The molecule has 0 amide bonds. The maximum atomic E-state index is 11.0. The van der Waals surface area contributed by atoms with Gasteiger partial charge in [0.05, 0.1) is 0 Å². The lowest BCUT2D eigenvalue weighted by atomic mass is 10.4. The standard InChI is InChI=1S/C6H4BrNO4S/c7-5-1-3-6(4-2-5)13(10,11)12-8-9/h1-4H. The van der Waals surface area contributed by atoms with Crippen LogP contribution in [0.1, 0.15) is 0 Å². The van der Waals surface area contributed by atoms with Crippen molar-refractivity contribution in [1.29, 1.82) is 0 Å². The van der Waals surface area contributed by atoms with Crippen molar-refractivity contribution in [3.8, 4) is 0 Å². The molecule has 0 unspecified atom stereocenters. The Labute approximate surface area is 82.9 Å². The molecular formula is C6H4BrNO4S. The highest BCUT2D eigenvalue weighted by molar-refractivity contribution is 9.10. The van der Waals surface area contributed by atoms with Crippen molar-refractivity contribution < 1.29 is 12.7 Å². The molecular weight excluding hydrogens is 262 g/mol. The van der Waals surface area contributed by atoms with Gasteiger partial charge in [-0.15, -0.1) is 4.91 Å². The summed E-state index contributed by atoms with van der Waals surface area (Å²) in [5.41, 5.74) is 0. The molecule has 0 spiro atoms. The molecule has 0 fully saturated rings. The molecule has 7 heteroatoms. The van der Waals surface area contributed by atoms with Gasteiger partial charge in [0.25, 0.3) is 0 Å². The van der Waals surface area contributed by atoms with Crippen LogP contribution in [0, 0.1) is 4.91 Å². The van der Waals surface area contributed by atoms with Crippen molar-refractivity contribution in [2.24, 2.45) is 5.34 Å². The molecule has 0 aliphatic heterocycles. The minimum Gasteiger partial charge on any atom is -0.228 e. The molecule has 0 aromatic heterocycles. The largest absolute Gasteiger partial charge is 0.361 e. The first-order valence-corrected chi connectivity index (χ1v) is 5.28. The van der Waals surface area contributed by atoms with Crippen LogP contribution in [0.4, 0.5) is 0 Å². The van der Waals surface area contributed by atoms with Crippen LogP contribution in [-0.2, 0) is 14.4 Å². The average Bonchev–Trinajstić information content (AvgIpc) is 2.05. The van der Waals surface area contributed by atoms with Crippen molar-refractivity contribution in [3.05, 3.63) is 33.6 Å². The van der Waals surface area contributed by atoms with E-state index in [0.29, 0.717) is 0 Å². The highest BCUT2D eigenvalue weighted by atomic mass is 79.9. The average molecular weight is 266 g/mol. The SMILES string of the molecule is O=NOS(=O)(=O)c1ccc(Br)cc1. The Balaban J connectivity index is 3.08. The second kappa shape index (κ2) is 3.84. The van der Waals surface area contributed by atoms with Crippen LogP contribution in [0.25, 0.3) is 0 Å². The van der Waals surface area contributed by atoms with E-state index in [1.807, 2.05) is 5.34 Å². The van der Waals surface area contributed by atoms with Crippen LogP contribution >= 0.6 is 15.9 Å². The number of hydrogen-bond donors (Lipinski definition) is 0. The van der Waals surface area contributed by atoms with Gasteiger partial charge in [-0.2, -0.15) is 8.42 Å². The van der Waals surface area contributed by atoms with E-state index in [2.05, 4.69) is 20.2 Å². The van der Waals surface area contributed by atoms with Crippen LogP contribution in [-0.4, -0.2) is 8.42 Å². The number of hydrogen-bond acceptors (Lipinski definition) is 5. The van der Waals surface area contributed by atoms with Crippen molar-refractivity contribution in [2.75, 3.05) is 0 Å². The van der Waals surface area contributed by atoms with Gasteiger partial charge in [0.1, 0.15) is 4.90 Å². The third-order valence-electron chi connectivity index (χ3n) is 1.23. The summed E-state index contributed by atoms with van der Waals surface area (Å²) in [5, 5.41) is 1.86. The molecule has 0 bridgehead atoms. The minimum atomic E-state index is -4.03. The number of benzene rings is 1.